The minimum Gasteiger partial charge on any atom is -0.457 e. The van der Waals surface area contributed by atoms with Gasteiger partial charge in [0.25, 0.3) is 5.91 Å². The Morgan fingerprint density at radius 1 is 0.906 bits per heavy atom. The number of amides is 1. The third-order valence-electron chi connectivity index (χ3n) is 4.76. The minimum absolute atomic E-state index is 0.00792. The summed E-state index contributed by atoms with van der Waals surface area (Å²) in [5.41, 5.74) is 2.74. The number of ether oxygens (including phenoxy) is 1. The highest BCUT2D eigenvalue weighted by molar-refractivity contribution is 5.93. The summed E-state index contributed by atoms with van der Waals surface area (Å²) in [4.78, 5) is 18.3. The summed E-state index contributed by atoms with van der Waals surface area (Å²) in [6.45, 7) is 3.87. The van der Waals surface area contributed by atoms with E-state index in [0.717, 1.165) is 35.1 Å². The Morgan fingerprint density at radius 3 is 2.28 bits per heavy atom. The van der Waals surface area contributed by atoms with Gasteiger partial charge in [-0.05, 0) is 42.8 Å². The molecule has 0 saturated heterocycles. The molecule has 0 aromatic heterocycles. The van der Waals surface area contributed by atoms with E-state index in [-0.39, 0.29) is 5.91 Å². The highest BCUT2D eigenvalue weighted by Gasteiger charge is 2.08. The van der Waals surface area contributed by atoms with Crippen LogP contribution in [0.25, 0.3) is 0 Å². The second kappa shape index (κ2) is 11.6. The van der Waals surface area contributed by atoms with Gasteiger partial charge in [0.15, 0.2) is 5.96 Å². The number of nitrogens with one attached hydrogen (secondary N) is 2. The topological polar surface area (TPSA) is 66.0 Å². The van der Waals surface area contributed by atoms with E-state index in [0.29, 0.717) is 18.7 Å². The van der Waals surface area contributed by atoms with E-state index in [1.165, 1.54) is 0 Å². The van der Waals surface area contributed by atoms with E-state index in [1.54, 1.807) is 19.0 Å². The normalized spacial score (nSPS) is 11.0. The standard InChI is InChI=1S/C26H30N4O2/c1-4-27-26(28-18-20-14-16-21(17-15-20)25(31)30(2)3)29-19-22-10-8-9-13-24(22)32-23-11-6-5-7-12-23/h5-17H,4,18-19H2,1-3H3,(H2,27,28,29). The first-order valence-electron chi connectivity index (χ1n) is 10.7. The molecule has 166 valence electrons. The van der Waals surface area contributed by atoms with Crippen LogP contribution in [0.1, 0.15) is 28.4 Å². The van der Waals surface area contributed by atoms with Crippen LogP contribution in [0.15, 0.2) is 83.9 Å². The lowest BCUT2D eigenvalue weighted by Crippen LogP contribution is -2.36. The Morgan fingerprint density at radius 2 is 1.59 bits per heavy atom. The molecule has 0 bridgehead atoms. The largest absolute Gasteiger partial charge is 0.457 e. The SMILES string of the molecule is CCNC(=NCc1ccc(C(=O)N(C)C)cc1)NCc1ccccc1Oc1ccccc1. The monoisotopic (exact) mass is 430 g/mol. The minimum atomic E-state index is -0.00792. The Hall–Kier alpha value is -3.80. The van der Waals surface area contributed by atoms with Crippen molar-refractivity contribution < 1.29 is 9.53 Å². The molecule has 0 saturated carbocycles. The summed E-state index contributed by atoms with van der Waals surface area (Å²) in [7, 11) is 3.50. The van der Waals surface area contributed by atoms with Crippen molar-refractivity contribution in [1.29, 1.82) is 0 Å². The molecule has 0 spiro atoms. The third-order valence-corrected chi connectivity index (χ3v) is 4.76. The average Bonchev–Trinajstić information content (AvgIpc) is 2.82. The zero-order valence-corrected chi connectivity index (χ0v) is 18.8. The fourth-order valence-electron chi connectivity index (χ4n) is 3.07. The number of carbonyl (C=O) groups is 1. The zero-order valence-electron chi connectivity index (χ0n) is 18.8. The number of aliphatic imine (C=N–C) groups is 1. The van der Waals surface area contributed by atoms with Gasteiger partial charge in [-0.3, -0.25) is 4.79 Å². The predicted molar refractivity (Wildman–Crippen MR) is 129 cm³/mol. The maximum absolute atomic E-state index is 12.0. The number of carbonyl (C=O) groups excluding carboxylic acids is 1. The van der Waals surface area contributed by atoms with E-state index in [9.17, 15) is 4.79 Å². The summed E-state index contributed by atoms with van der Waals surface area (Å²) in [5, 5.41) is 6.65. The van der Waals surface area contributed by atoms with Crippen molar-refractivity contribution in [3.05, 3.63) is 95.6 Å². The first-order chi connectivity index (χ1) is 15.6. The Bertz CT molecular complexity index is 1030. The molecule has 3 aromatic rings. The molecule has 2 N–H and O–H groups in total. The molecule has 6 heteroatoms. The maximum atomic E-state index is 12.0. The van der Waals surface area contributed by atoms with E-state index in [4.69, 9.17) is 4.74 Å². The number of guanidine groups is 1. The molecule has 0 heterocycles. The number of para-hydroxylation sites is 2. The summed E-state index contributed by atoms with van der Waals surface area (Å²) in [6, 6.07) is 25.3. The second-order valence-electron chi connectivity index (χ2n) is 7.47. The van der Waals surface area contributed by atoms with Gasteiger partial charge in [0, 0.05) is 38.3 Å². The van der Waals surface area contributed by atoms with Gasteiger partial charge in [0.1, 0.15) is 11.5 Å². The van der Waals surface area contributed by atoms with Gasteiger partial charge >= 0.3 is 0 Å². The lowest BCUT2D eigenvalue weighted by molar-refractivity contribution is 0.0827. The van der Waals surface area contributed by atoms with Crippen LogP contribution in [0.5, 0.6) is 11.5 Å². The van der Waals surface area contributed by atoms with Crippen molar-refractivity contribution in [1.82, 2.24) is 15.5 Å². The molecule has 0 aliphatic heterocycles. The number of nitrogens with zero attached hydrogens (tertiary/aromatic N) is 2. The van der Waals surface area contributed by atoms with Crippen LogP contribution in [0.2, 0.25) is 0 Å². The van der Waals surface area contributed by atoms with E-state index >= 15 is 0 Å². The van der Waals surface area contributed by atoms with Gasteiger partial charge in [0.2, 0.25) is 0 Å². The van der Waals surface area contributed by atoms with Gasteiger partial charge in [0.05, 0.1) is 6.54 Å². The Labute approximate surface area is 189 Å². The maximum Gasteiger partial charge on any atom is 0.253 e. The van der Waals surface area contributed by atoms with Crippen molar-refractivity contribution in [3.63, 3.8) is 0 Å². The van der Waals surface area contributed by atoms with E-state index < -0.39 is 0 Å². The first-order valence-corrected chi connectivity index (χ1v) is 10.7. The summed E-state index contributed by atoms with van der Waals surface area (Å²) in [5.74, 6) is 2.32. The van der Waals surface area contributed by atoms with Gasteiger partial charge in [-0.1, -0.05) is 48.5 Å². The smallest absolute Gasteiger partial charge is 0.253 e. The average molecular weight is 431 g/mol. The van der Waals surface area contributed by atoms with Crippen molar-refractivity contribution >= 4 is 11.9 Å². The summed E-state index contributed by atoms with van der Waals surface area (Å²) < 4.78 is 6.05. The molecule has 1 amide bonds. The summed E-state index contributed by atoms with van der Waals surface area (Å²) >= 11 is 0. The van der Waals surface area contributed by atoms with Crippen LogP contribution < -0.4 is 15.4 Å². The van der Waals surface area contributed by atoms with Gasteiger partial charge < -0.3 is 20.3 Å². The molecule has 0 aliphatic rings. The zero-order chi connectivity index (χ0) is 22.8. The molecule has 0 radical (unpaired) electrons. The Kier molecular flexibility index (Phi) is 8.26. The fourth-order valence-corrected chi connectivity index (χ4v) is 3.07. The van der Waals surface area contributed by atoms with Crippen molar-refractivity contribution in [2.45, 2.75) is 20.0 Å². The van der Waals surface area contributed by atoms with Crippen LogP contribution in [0.3, 0.4) is 0 Å². The number of hydrogen-bond acceptors (Lipinski definition) is 3. The molecule has 0 fully saturated rings. The molecule has 3 aromatic carbocycles. The molecule has 32 heavy (non-hydrogen) atoms. The van der Waals surface area contributed by atoms with Gasteiger partial charge in [-0.15, -0.1) is 0 Å². The van der Waals surface area contributed by atoms with E-state index in [2.05, 4.69) is 15.6 Å². The lowest BCUT2D eigenvalue weighted by Gasteiger charge is -2.14. The Balaban J connectivity index is 1.64. The van der Waals surface area contributed by atoms with Gasteiger partial charge in [-0.2, -0.15) is 0 Å². The third kappa shape index (κ3) is 6.60. The highest BCUT2D eigenvalue weighted by atomic mass is 16.5. The molecule has 6 nitrogen and oxygen atoms in total. The quantitative estimate of drug-likeness (QED) is 0.410. The second-order valence-corrected chi connectivity index (χ2v) is 7.47. The van der Waals surface area contributed by atoms with Crippen molar-refractivity contribution in [2.24, 2.45) is 4.99 Å². The first kappa shape index (κ1) is 22.9. The van der Waals surface area contributed by atoms with Crippen LogP contribution in [-0.2, 0) is 13.1 Å². The van der Waals surface area contributed by atoms with Crippen LogP contribution >= 0.6 is 0 Å². The number of rotatable bonds is 8. The molecule has 3 rings (SSSR count). The molecular formula is C26H30N4O2. The summed E-state index contributed by atoms with van der Waals surface area (Å²) in [6.07, 6.45) is 0. The fraction of sp³-hybridized carbons (Fsp3) is 0.231. The van der Waals surface area contributed by atoms with Gasteiger partial charge in [-0.25, -0.2) is 4.99 Å². The molecular weight excluding hydrogens is 400 g/mol. The molecule has 0 atom stereocenters. The van der Waals surface area contributed by atoms with Crippen molar-refractivity contribution in [2.75, 3.05) is 20.6 Å². The lowest BCUT2D eigenvalue weighted by atomic mass is 10.1. The number of hydrogen-bond donors (Lipinski definition) is 2. The predicted octanol–water partition coefficient (Wildman–Crippen LogP) is 4.44. The van der Waals surface area contributed by atoms with E-state index in [1.807, 2.05) is 85.8 Å². The van der Waals surface area contributed by atoms with Crippen molar-refractivity contribution in [3.8, 4) is 11.5 Å². The van der Waals surface area contributed by atoms with Crippen LogP contribution in [-0.4, -0.2) is 37.4 Å². The molecule has 0 aliphatic carbocycles. The van der Waals surface area contributed by atoms with Crippen LogP contribution in [0, 0.1) is 0 Å². The van der Waals surface area contributed by atoms with Crippen LogP contribution in [0.4, 0.5) is 0 Å². The molecule has 0 unspecified atom stereocenters. The highest BCUT2D eigenvalue weighted by Crippen LogP contribution is 2.24. The number of benzene rings is 3.